The molecule has 0 spiro atoms. The number of carbonyl (C=O) groups is 2. The number of oxazole rings is 1. The van der Waals surface area contributed by atoms with Crippen molar-refractivity contribution < 1.29 is 23.1 Å². The first-order valence-electron chi connectivity index (χ1n) is 8.01. The van der Waals surface area contributed by atoms with Crippen LogP contribution >= 0.6 is 11.8 Å². The molecule has 0 aliphatic rings. The lowest BCUT2D eigenvalue weighted by atomic mass is 10.3. The number of benzene rings is 2. The number of fused-ring (bicyclic) bond motifs is 1. The van der Waals surface area contributed by atoms with Gasteiger partial charge >= 0.3 is 0 Å². The fourth-order valence-electron chi connectivity index (χ4n) is 2.09. The Labute approximate surface area is 158 Å². The summed E-state index contributed by atoms with van der Waals surface area (Å²) in [5.41, 5.74) is 5.83. The Kier molecular flexibility index (Phi) is 5.92. The third-order valence-electron chi connectivity index (χ3n) is 3.44. The number of rotatable bonds is 6. The van der Waals surface area contributed by atoms with Crippen molar-refractivity contribution in [3.05, 3.63) is 54.3 Å². The number of amides is 2. The Balaban J connectivity index is 1.44. The van der Waals surface area contributed by atoms with E-state index in [4.69, 9.17) is 9.15 Å². The number of para-hydroxylation sites is 3. The molecule has 0 radical (unpaired) electrons. The fraction of sp³-hybridized carbons (Fsp3) is 0.167. The van der Waals surface area contributed by atoms with Gasteiger partial charge in [0.1, 0.15) is 5.52 Å². The highest BCUT2D eigenvalue weighted by Crippen LogP contribution is 2.22. The summed E-state index contributed by atoms with van der Waals surface area (Å²) in [5, 5.41) is 0.355. The standard InChI is InChI=1S/C18H16FN3O4S/c1-11(25-14-8-4-2-6-12(14)19)17(24)22-21-16(23)10-27-18-20-13-7-3-5-9-15(13)26-18/h2-9,11H,10H2,1H3,(H,21,23)(H,22,24)/t11-/m0/s1. The molecule has 0 aliphatic carbocycles. The molecule has 0 saturated carbocycles. The number of hydrogen-bond donors (Lipinski definition) is 2. The SMILES string of the molecule is C[C@H](Oc1ccccc1F)C(=O)NNC(=O)CSc1nc2ccccc2o1. The molecule has 27 heavy (non-hydrogen) atoms. The number of carbonyl (C=O) groups excluding carboxylic acids is 2. The Morgan fingerprint density at radius 3 is 2.70 bits per heavy atom. The molecule has 2 amide bonds. The third kappa shape index (κ3) is 4.98. The molecule has 1 heterocycles. The predicted molar refractivity (Wildman–Crippen MR) is 97.5 cm³/mol. The minimum Gasteiger partial charge on any atom is -0.478 e. The first kappa shape index (κ1) is 18.7. The Bertz CT molecular complexity index is 929. The zero-order valence-corrected chi connectivity index (χ0v) is 15.1. The van der Waals surface area contributed by atoms with Crippen LogP contribution in [0.15, 0.2) is 58.2 Å². The number of thioether (sulfide) groups is 1. The van der Waals surface area contributed by atoms with Crippen LogP contribution in [-0.2, 0) is 9.59 Å². The highest BCUT2D eigenvalue weighted by atomic mass is 32.2. The monoisotopic (exact) mass is 389 g/mol. The number of hydrazine groups is 1. The molecule has 140 valence electrons. The molecule has 3 rings (SSSR count). The maximum Gasteiger partial charge on any atom is 0.279 e. The van der Waals surface area contributed by atoms with E-state index in [1.54, 1.807) is 18.2 Å². The van der Waals surface area contributed by atoms with Gasteiger partial charge in [-0.3, -0.25) is 20.4 Å². The first-order chi connectivity index (χ1) is 13.0. The van der Waals surface area contributed by atoms with E-state index in [-0.39, 0.29) is 11.5 Å². The van der Waals surface area contributed by atoms with Crippen LogP contribution in [-0.4, -0.2) is 28.7 Å². The fourth-order valence-corrected chi connectivity index (χ4v) is 2.73. The summed E-state index contributed by atoms with van der Waals surface area (Å²) in [6.45, 7) is 1.45. The summed E-state index contributed by atoms with van der Waals surface area (Å²) in [6.07, 6.45) is -0.994. The Morgan fingerprint density at radius 2 is 1.93 bits per heavy atom. The van der Waals surface area contributed by atoms with Crippen LogP contribution in [0.5, 0.6) is 5.75 Å². The van der Waals surface area contributed by atoms with Crippen molar-refractivity contribution in [2.75, 3.05) is 5.75 Å². The van der Waals surface area contributed by atoms with Crippen LogP contribution in [0.3, 0.4) is 0 Å². The molecule has 7 nitrogen and oxygen atoms in total. The number of nitrogens with one attached hydrogen (secondary N) is 2. The second-order valence-corrected chi connectivity index (χ2v) is 6.39. The van der Waals surface area contributed by atoms with E-state index >= 15 is 0 Å². The summed E-state index contributed by atoms with van der Waals surface area (Å²) in [6, 6.07) is 13.0. The highest BCUT2D eigenvalue weighted by molar-refractivity contribution is 7.99. The summed E-state index contributed by atoms with van der Waals surface area (Å²) >= 11 is 1.10. The summed E-state index contributed by atoms with van der Waals surface area (Å²) < 4.78 is 24.2. The molecule has 0 saturated heterocycles. The van der Waals surface area contributed by atoms with E-state index in [0.717, 1.165) is 11.8 Å². The van der Waals surface area contributed by atoms with Crippen molar-refractivity contribution >= 4 is 34.7 Å². The number of aromatic nitrogens is 1. The van der Waals surface area contributed by atoms with Gasteiger partial charge in [-0.1, -0.05) is 36.0 Å². The molecule has 2 N–H and O–H groups in total. The van der Waals surface area contributed by atoms with Gasteiger partial charge in [0.05, 0.1) is 5.75 Å². The zero-order valence-electron chi connectivity index (χ0n) is 14.3. The second-order valence-electron chi connectivity index (χ2n) is 5.46. The summed E-state index contributed by atoms with van der Waals surface area (Å²) in [7, 11) is 0. The van der Waals surface area contributed by atoms with Crippen molar-refractivity contribution in [1.82, 2.24) is 15.8 Å². The normalized spacial score (nSPS) is 11.8. The first-order valence-corrected chi connectivity index (χ1v) is 9.00. The van der Waals surface area contributed by atoms with Gasteiger partial charge in [0.25, 0.3) is 11.1 Å². The average Bonchev–Trinajstić information content (AvgIpc) is 3.09. The smallest absolute Gasteiger partial charge is 0.279 e. The van der Waals surface area contributed by atoms with Crippen LogP contribution < -0.4 is 15.6 Å². The molecular weight excluding hydrogens is 373 g/mol. The largest absolute Gasteiger partial charge is 0.478 e. The number of nitrogens with zero attached hydrogens (tertiary/aromatic N) is 1. The van der Waals surface area contributed by atoms with Gasteiger partial charge < -0.3 is 9.15 Å². The Morgan fingerprint density at radius 1 is 1.19 bits per heavy atom. The van der Waals surface area contributed by atoms with Crippen LogP contribution in [0, 0.1) is 5.82 Å². The maximum absolute atomic E-state index is 13.5. The van der Waals surface area contributed by atoms with Crippen molar-refractivity contribution in [1.29, 1.82) is 0 Å². The molecule has 1 atom stereocenters. The quantitative estimate of drug-likeness (QED) is 0.497. The number of halogens is 1. The van der Waals surface area contributed by atoms with Crippen molar-refractivity contribution in [2.45, 2.75) is 18.3 Å². The minimum absolute atomic E-state index is 0.00431. The molecule has 9 heteroatoms. The third-order valence-corrected chi connectivity index (χ3v) is 4.26. The van der Waals surface area contributed by atoms with Crippen LogP contribution in [0.4, 0.5) is 4.39 Å². The molecule has 0 aliphatic heterocycles. The van der Waals surface area contributed by atoms with E-state index in [2.05, 4.69) is 15.8 Å². The van der Waals surface area contributed by atoms with Gasteiger partial charge in [0.2, 0.25) is 5.91 Å². The molecule has 2 aromatic carbocycles. The van der Waals surface area contributed by atoms with E-state index in [1.165, 1.54) is 25.1 Å². The Hall–Kier alpha value is -3.07. The van der Waals surface area contributed by atoms with Gasteiger partial charge in [-0.25, -0.2) is 9.37 Å². The van der Waals surface area contributed by atoms with Gasteiger partial charge in [-0.15, -0.1) is 0 Å². The van der Waals surface area contributed by atoms with Gasteiger partial charge in [0.15, 0.2) is 23.3 Å². The minimum atomic E-state index is -0.994. The van der Waals surface area contributed by atoms with E-state index in [9.17, 15) is 14.0 Å². The van der Waals surface area contributed by atoms with Gasteiger partial charge in [-0.05, 0) is 31.2 Å². The molecule has 0 unspecified atom stereocenters. The lowest BCUT2D eigenvalue weighted by molar-refractivity contribution is -0.132. The van der Waals surface area contributed by atoms with Gasteiger partial charge in [0, 0.05) is 0 Å². The lowest BCUT2D eigenvalue weighted by Gasteiger charge is -2.15. The van der Waals surface area contributed by atoms with Crippen LogP contribution in [0.25, 0.3) is 11.1 Å². The zero-order chi connectivity index (χ0) is 19.2. The summed E-state index contributed by atoms with van der Waals surface area (Å²) in [4.78, 5) is 28.0. The number of hydrogen-bond acceptors (Lipinski definition) is 6. The number of ether oxygens (including phenoxy) is 1. The average molecular weight is 389 g/mol. The van der Waals surface area contributed by atoms with Crippen LogP contribution in [0.2, 0.25) is 0 Å². The van der Waals surface area contributed by atoms with Crippen molar-refractivity contribution in [3.63, 3.8) is 0 Å². The topological polar surface area (TPSA) is 93.5 Å². The molecule has 0 fully saturated rings. The molecule has 3 aromatic rings. The van der Waals surface area contributed by atoms with Gasteiger partial charge in [-0.2, -0.15) is 0 Å². The maximum atomic E-state index is 13.5. The van der Waals surface area contributed by atoms with Crippen molar-refractivity contribution in [3.8, 4) is 5.75 Å². The van der Waals surface area contributed by atoms with E-state index < -0.39 is 23.7 Å². The molecule has 1 aromatic heterocycles. The summed E-state index contributed by atoms with van der Waals surface area (Å²) in [5.74, 6) is -1.68. The molecular formula is C18H16FN3O4S. The second kappa shape index (κ2) is 8.54. The van der Waals surface area contributed by atoms with E-state index in [1.807, 2.05) is 12.1 Å². The van der Waals surface area contributed by atoms with Crippen LogP contribution in [0.1, 0.15) is 6.92 Å². The highest BCUT2D eigenvalue weighted by Gasteiger charge is 2.17. The van der Waals surface area contributed by atoms with E-state index in [0.29, 0.717) is 16.3 Å². The predicted octanol–water partition coefficient (Wildman–Crippen LogP) is 2.67. The molecule has 0 bridgehead atoms. The lowest BCUT2D eigenvalue weighted by Crippen LogP contribution is -2.47. The van der Waals surface area contributed by atoms with Crippen molar-refractivity contribution in [2.24, 2.45) is 0 Å².